The molecule has 0 aromatic heterocycles. The summed E-state index contributed by atoms with van der Waals surface area (Å²) >= 11 is 0. The Morgan fingerprint density at radius 3 is 1.93 bits per heavy atom. The molecular formula is C22H31NO4Si. The number of esters is 1. The van der Waals surface area contributed by atoms with E-state index in [1.807, 2.05) is 36.4 Å². The van der Waals surface area contributed by atoms with E-state index < -0.39 is 8.32 Å². The minimum Gasteiger partial charge on any atom is -0.469 e. The monoisotopic (exact) mass is 401 g/mol. The number of hydrogen-bond acceptors (Lipinski definition) is 5. The molecule has 0 aliphatic carbocycles. The average Bonchev–Trinajstić information content (AvgIpc) is 2.71. The van der Waals surface area contributed by atoms with E-state index in [4.69, 9.17) is 9.16 Å². The second-order valence-corrected chi connectivity index (χ2v) is 12.2. The van der Waals surface area contributed by atoms with Gasteiger partial charge in [0.1, 0.15) is 0 Å². The SMILES string of the molecule is COC(=O)CC[C@@H](CO[Si](c1ccccc1)(c1ccccc1)C(C)(C)C)NO. The lowest BCUT2D eigenvalue weighted by Crippen LogP contribution is -2.67. The Balaban J connectivity index is 2.40. The van der Waals surface area contributed by atoms with E-state index in [0.29, 0.717) is 13.0 Å². The van der Waals surface area contributed by atoms with Gasteiger partial charge in [-0.15, -0.1) is 0 Å². The highest BCUT2D eigenvalue weighted by molar-refractivity contribution is 6.99. The fourth-order valence-corrected chi connectivity index (χ4v) is 8.17. The van der Waals surface area contributed by atoms with Gasteiger partial charge in [-0.2, -0.15) is 0 Å². The third-order valence-corrected chi connectivity index (χ3v) is 10.0. The number of carbonyl (C=O) groups excluding carboxylic acids is 1. The van der Waals surface area contributed by atoms with E-state index in [9.17, 15) is 10.0 Å². The van der Waals surface area contributed by atoms with Crippen molar-refractivity contribution in [3.05, 3.63) is 60.7 Å². The quantitative estimate of drug-likeness (QED) is 0.384. The first-order valence-electron chi connectivity index (χ1n) is 9.56. The normalized spacial score (nSPS) is 13.2. The van der Waals surface area contributed by atoms with Crippen LogP contribution in [0.1, 0.15) is 33.6 Å². The maximum atomic E-state index is 11.5. The number of hydroxylamine groups is 1. The van der Waals surface area contributed by atoms with Crippen molar-refractivity contribution in [2.45, 2.75) is 44.7 Å². The highest BCUT2D eigenvalue weighted by atomic mass is 28.4. The lowest BCUT2D eigenvalue weighted by atomic mass is 10.2. The van der Waals surface area contributed by atoms with Gasteiger partial charge in [0.2, 0.25) is 0 Å². The summed E-state index contributed by atoms with van der Waals surface area (Å²) in [5, 5.41) is 11.8. The Bertz CT molecular complexity index is 692. The minimum atomic E-state index is -2.66. The van der Waals surface area contributed by atoms with Crippen molar-refractivity contribution in [2.24, 2.45) is 0 Å². The van der Waals surface area contributed by atoms with Gasteiger partial charge in [0.15, 0.2) is 0 Å². The van der Waals surface area contributed by atoms with Crippen molar-refractivity contribution in [1.82, 2.24) is 5.48 Å². The lowest BCUT2D eigenvalue weighted by molar-refractivity contribution is -0.141. The maximum Gasteiger partial charge on any atom is 0.305 e. The molecule has 0 unspecified atom stereocenters. The van der Waals surface area contributed by atoms with Crippen LogP contribution in [0, 0.1) is 0 Å². The molecule has 28 heavy (non-hydrogen) atoms. The van der Waals surface area contributed by atoms with E-state index in [2.05, 4.69) is 50.5 Å². The van der Waals surface area contributed by atoms with Gasteiger partial charge >= 0.3 is 5.97 Å². The molecule has 2 N–H and O–H groups in total. The van der Waals surface area contributed by atoms with Crippen LogP contribution in [0.2, 0.25) is 5.04 Å². The van der Waals surface area contributed by atoms with Gasteiger partial charge in [-0.25, -0.2) is 5.48 Å². The van der Waals surface area contributed by atoms with E-state index in [1.54, 1.807) is 0 Å². The number of methoxy groups -OCH3 is 1. The van der Waals surface area contributed by atoms with Gasteiger partial charge in [-0.05, 0) is 21.8 Å². The third-order valence-electron chi connectivity index (χ3n) is 5.03. The molecule has 152 valence electrons. The van der Waals surface area contributed by atoms with Crippen LogP contribution in [0.25, 0.3) is 0 Å². The molecule has 0 radical (unpaired) electrons. The molecule has 2 aromatic rings. The molecule has 0 spiro atoms. The highest BCUT2D eigenvalue weighted by Gasteiger charge is 2.50. The molecule has 6 heteroatoms. The number of hydrogen-bond donors (Lipinski definition) is 2. The van der Waals surface area contributed by atoms with Crippen molar-refractivity contribution in [1.29, 1.82) is 0 Å². The standard InChI is InChI=1S/C22H31NO4Si/c1-22(2,3)28(19-11-7-5-8-12-19,20-13-9-6-10-14-20)27-17-18(23-25)15-16-21(24)26-4/h5-14,18,23,25H,15-17H2,1-4H3/t18-/m0/s1. The van der Waals surface area contributed by atoms with Gasteiger partial charge in [0, 0.05) is 6.42 Å². The van der Waals surface area contributed by atoms with E-state index in [1.165, 1.54) is 17.5 Å². The number of ether oxygens (including phenoxy) is 1. The van der Waals surface area contributed by atoms with Crippen LogP contribution in [-0.4, -0.2) is 39.3 Å². The second-order valence-electron chi connectivity index (χ2n) is 7.92. The highest BCUT2D eigenvalue weighted by Crippen LogP contribution is 2.36. The molecule has 2 aromatic carbocycles. The first kappa shape index (κ1) is 22.3. The predicted octanol–water partition coefficient (Wildman–Crippen LogP) is 2.86. The maximum absolute atomic E-state index is 11.5. The Kier molecular flexibility index (Phi) is 7.95. The first-order valence-corrected chi connectivity index (χ1v) is 11.5. The molecule has 1 atom stereocenters. The average molecular weight is 402 g/mol. The number of carbonyl (C=O) groups is 1. The number of rotatable bonds is 9. The van der Waals surface area contributed by atoms with Crippen molar-refractivity contribution >= 4 is 24.7 Å². The molecular weight excluding hydrogens is 370 g/mol. The Morgan fingerprint density at radius 1 is 1.04 bits per heavy atom. The fraction of sp³-hybridized carbons (Fsp3) is 0.409. The predicted molar refractivity (Wildman–Crippen MR) is 114 cm³/mol. The summed E-state index contributed by atoms with van der Waals surface area (Å²) in [4.78, 5) is 11.5. The summed E-state index contributed by atoms with van der Waals surface area (Å²) in [7, 11) is -1.30. The lowest BCUT2D eigenvalue weighted by Gasteiger charge is -2.43. The summed E-state index contributed by atoms with van der Waals surface area (Å²) in [6.07, 6.45) is 0.653. The molecule has 0 saturated carbocycles. The van der Waals surface area contributed by atoms with Gasteiger partial charge in [0.05, 0.1) is 19.8 Å². The zero-order valence-corrected chi connectivity index (χ0v) is 18.1. The zero-order chi connectivity index (χ0) is 20.6. The van der Waals surface area contributed by atoms with Crippen molar-refractivity contribution in [3.8, 4) is 0 Å². The molecule has 0 aliphatic heterocycles. The third kappa shape index (κ3) is 5.08. The fourth-order valence-electron chi connectivity index (χ4n) is 3.57. The Hall–Kier alpha value is -1.99. The van der Waals surface area contributed by atoms with E-state index in [0.717, 1.165) is 0 Å². The topological polar surface area (TPSA) is 67.8 Å². The molecule has 0 saturated heterocycles. The van der Waals surface area contributed by atoms with E-state index in [-0.39, 0.29) is 23.5 Å². The summed E-state index contributed by atoms with van der Waals surface area (Å²) in [5.74, 6) is -0.300. The largest absolute Gasteiger partial charge is 0.469 e. The summed E-state index contributed by atoms with van der Waals surface area (Å²) in [5.41, 5.74) is 2.30. The van der Waals surface area contributed by atoms with Gasteiger partial charge in [-0.3, -0.25) is 4.79 Å². The Morgan fingerprint density at radius 2 is 1.54 bits per heavy atom. The molecule has 0 aliphatic rings. The van der Waals surface area contributed by atoms with Crippen LogP contribution in [-0.2, 0) is 14.0 Å². The molecule has 0 heterocycles. The van der Waals surface area contributed by atoms with Crippen LogP contribution < -0.4 is 15.9 Å². The number of benzene rings is 2. The van der Waals surface area contributed by atoms with Gasteiger partial charge in [0.25, 0.3) is 8.32 Å². The first-order chi connectivity index (χ1) is 13.3. The smallest absolute Gasteiger partial charge is 0.305 e. The number of nitrogens with one attached hydrogen (secondary N) is 1. The molecule has 5 nitrogen and oxygen atoms in total. The van der Waals surface area contributed by atoms with E-state index >= 15 is 0 Å². The van der Waals surface area contributed by atoms with Gasteiger partial charge in [-0.1, -0.05) is 81.4 Å². The van der Waals surface area contributed by atoms with Crippen LogP contribution in [0.5, 0.6) is 0 Å². The van der Waals surface area contributed by atoms with Crippen LogP contribution in [0.15, 0.2) is 60.7 Å². The van der Waals surface area contributed by atoms with Crippen LogP contribution in [0.4, 0.5) is 0 Å². The zero-order valence-electron chi connectivity index (χ0n) is 17.1. The van der Waals surface area contributed by atoms with Gasteiger partial charge < -0.3 is 14.4 Å². The van der Waals surface area contributed by atoms with Crippen LogP contribution >= 0.6 is 0 Å². The molecule has 0 fully saturated rings. The minimum absolute atomic E-state index is 0.141. The van der Waals surface area contributed by atoms with Crippen molar-refractivity contribution < 1.29 is 19.2 Å². The molecule has 2 rings (SSSR count). The second kappa shape index (κ2) is 9.98. The Labute approximate surface area is 168 Å². The molecule has 0 amide bonds. The molecule has 0 bridgehead atoms. The van der Waals surface area contributed by atoms with Crippen molar-refractivity contribution in [3.63, 3.8) is 0 Å². The van der Waals surface area contributed by atoms with Crippen LogP contribution in [0.3, 0.4) is 0 Å². The summed E-state index contributed by atoms with van der Waals surface area (Å²) < 4.78 is 11.5. The van der Waals surface area contributed by atoms with Crippen molar-refractivity contribution in [2.75, 3.05) is 13.7 Å². The summed E-state index contributed by atoms with van der Waals surface area (Å²) in [6.45, 7) is 6.90. The summed E-state index contributed by atoms with van der Waals surface area (Å²) in [6, 6.07) is 20.3.